The fourth-order valence-corrected chi connectivity index (χ4v) is 4.68. The van der Waals surface area contributed by atoms with Crippen molar-refractivity contribution in [1.29, 1.82) is 5.26 Å². The number of benzene rings is 3. The van der Waals surface area contributed by atoms with Crippen LogP contribution in [-0.2, 0) is 0 Å². The highest BCUT2D eigenvalue weighted by atomic mass is 35.5. The molecule has 4 rings (SSSR count). The maximum absolute atomic E-state index is 10.0. The average Bonchev–Trinajstić information content (AvgIpc) is 2.81. The predicted molar refractivity (Wildman–Crippen MR) is 132 cm³/mol. The second-order valence-electron chi connectivity index (χ2n) is 6.73. The third-order valence-corrected chi connectivity index (χ3v) is 6.57. The van der Waals surface area contributed by atoms with Crippen LogP contribution >= 0.6 is 46.6 Å². The Morgan fingerprint density at radius 3 is 1.78 bits per heavy atom. The molecule has 158 valence electrons. The van der Waals surface area contributed by atoms with E-state index in [4.69, 9.17) is 44.5 Å². The first-order valence-corrected chi connectivity index (χ1v) is 11.4. The van der Waals surface area contributed by atoms with Gasteiger partial charge in [0, 0.05) is 36.0 Å². The lowest BCUT2D eigenvalue weighted by atomic mass is 9.98. The number of nitriles is 1. The molecular formula is C25H15Cl3N2OS. The van der Waals surface area contributed by atoms with Crippen LogP contribution in [0.3, 0.4) is 0 Å². The van der Waals surface area contributed by atoms with E-state index in [1.165, 1.54) is 18.9 Å². The van der Waals surface area contributed by atoms with Crippen LogP contribution in [-0.4, -0.2) is 12.1 Å². The summed E-state index contributed by atoms with van der Waals surface area (Å²) in [6.45, 7) is 0. The second kappa shape index (κ2) is 9.85. The molecule has 7 heteroatoms. The van der Waals surface area contributed by atoms with E-state index in [0.717, 1.165) is 26.5 Å². The predicted octanol–water partition coefficient (Wildman–Crippen LogP) is 8.41. The van der Waals surface area contributed by atoms with Crippen molar-refractivity contribution < 1.29 is 4.74 Å². The summed E-state index contributed by atoms with van der Waals surface area (Å²) in [6.07, 6.45) is 0. The Morgan fingerprint density at radius 1 is 0.781 bits per heavy atom. The summed E-state index contributed by atoms with van der Waals surface area (Å²) in [5.41, 5.74) is 3.44. The Balaban J connectivity index is 2.05. The van der Waals surface area contributed by atoms with E-state index in [0.29, 0.717) is 26.3 Å². The molecule has 0 aliphatic rings. The number of hydrogen-bond donors (Lipinski definition) is 0. The van der Waals surface area contributed by atoms with Crippen molar-refractivity contribution in [2.24, 2.45) is 0 Å². The number of rotatable bonds is 5. The summed E-state index contributed by atoms with van der Waals surface area (Å²) in [4.78, 5) is 6.49. The molecule has 4 aromatic rings. The molecule has 0 spiro atoms. The van der Waals surface area contributed by atoms with Crippen LogP contribution in [0.4, 0.5) is 0 Å². The lowest BCUT2D eigenvalue weighted by Crippen LogP contribution is -2.01. The highest BCUT2D eigenvalue weighted by Gasteiger charge is 2.24. The molecule has 1 aromatic heterocycles. The first-order chi connectivity index (χ1) is 15.5. The van der Waals surface area contributed by atoms with Crippen molar-refractivity contribution in [3.63, 3.8) is 0 Å². The summed E-state index contributed by atoms with van der Waals surface area (Å²) in [7, 11) is 1.51. The van der Waals surface area contributed by atoms with E-state index < -0.39 is 0 Å². The quantitative estimate of drug-likeness (QED) is 0.278. The maximum atomic E-state index is 10.0. The number of pyridine rings is 1. The van der Waals surface area contributed by atoms with Gasteiger partial charge in [-0.15, -0.1) is 0 Å². The highest BCUT2D eigenvalue weighted by molar-refractivity contribution is 7.99. The minimum Gasteiger partial charge on any atom is -0.480 e. The molecule has 0 fully saturated rings. The zero-order valence-electron chi connectivity index (χ0n) is 16.8. The van der Waals surface area contributed by atoms with Crippen molar-refractivity contribution in [2.45, 2.75) is 9.79 Å². The zero-order valence-corrected chi connectivity index (χ0v) is 19.9. The van der Waals surface area contributed by atoms with Crippen molar-refractivity contribution in [3.05, 3.63) is 93.4 Å². The van der Waals surface area contributed by atoms with Crippen LogP contribution in [0.15, 0.2) is 82.6 Å². The molecule has 0 aliphatic carbocycles. The van der Waals surface area contributed by atoms with Crippen LogP contribution < -0.4 is 4.74 Å². The van der Waals surface area contributed by atoms with Gasteiger partial charge in [-0.05, 0) is 54.1 Å². The Kier molecular flexibility index (Phi) is 6.93. The molecule has 0 radical (unpaired) electrons. The summed E-state index contributed by atoms with van der Waals surface area (Å²) in [5, 5.41) is 11.9. The zero-order chi connectivity index (χ0) is 22.7. The number of ether oxygens (including phenoxy) is 1. The Hall–Kier alpha value is -2.68. The molecule has 3 aromatic carbocycles. The number of halogens is 3. The molecule has 0 amide bonds. The SMILES string of the molecule is COc1nc(-c2ccc(Cl)cc2)c(Sc2ccc(Cl)cc2)c(-c2ccc(Cl)cc2)c1C#N. The fourth-order valence-electron chi connectivity index (χ4n) is 3.21. The molecule has 32 heavy (non-hydrogen) atoms. The van der Waals surface area contributed by atoms with Gasteiger partial charge in [0.25, 0.3) is 0 Å². The van der Waals surface area contributed by atoms with E-state index in [1.807, 2.05) is 60.7 Å². The largest absolute Gasteiger partial charge is 0.480 e. The summed E-state index contributed by atoms with van der Waals surface area (Å²) in [5.74, 6) is 0.253. The first-order valence-electron chi connectivity index (χ1n) is 9.47. The average molecular weight is 498 g/mol. The van der Waals surface area contributed by atoms with Crippen LogP contribution in [0.1, 0.15) is 5.56 Å². The van der Waals surface area contributed by atoms with Crippen molar-refractivity contribution in [1.82, 2.24) is 4.98 Å². The van der Waals surface area contributed by atoms with Crippen molar-refractivity contribution in [3.8, 4) is 34.3 Å². The fraction of sp³-hybridized carbons (Fsp3) is 0.0400. The van der Waals surface area contributed by atoms with Gasteiger partial charge in [0.05, 0.1) is 12.8 Å². The molecule has 0 unspecified atom stereocenters. The smallest absolute Gasteiger partial charge is 0.232 e. The lowest BCUT2D eigenvalue weighted by molar-refractivity contribution is 0.396. The Morgan fingerprint density at radius 2 is 1.28 bits per heavy atom. The van der Waals surface area contributed by atoms with Gasteiger partial charge in [0.1, 0.15) is 11.6 Å². The molecule has 0 saturated carbocycles. The monoisotopic (exact) mass is 496 g/mol. The second-order valence-corrected chi connectivity index (χ2v) is 9.12. The number of methoxy groups -OCH3 is 1. The van der Waals surface area contributed by atoms with Gasteiger partial charge < -0.3 is 4.74 Å². The van der Waals surface area contributed by atoms with Gasteiger partial charge in [0.15, 0.2) is 0 Å². The lowest BCUT2D eigenvalue weighted by Gasteiger charge is -2.18. The molecular weight excluding hydrogens is 483 g/mol. The van der Waals surface area contributed by atoms with E-state index in [1.54, 1.807) is 12.1 Å². The van der Waals surface area contributed by atoms with Crippen molar-refractivity contribution in [2.75, 3.05) is 7.11 Å². The Labute approximate surface area is 205 Å². The minimum atomic E-state index is 0.253. The molecule has 0 bridgehead atoms. The summed E-state index contributed by atoms with van der Waals surface area (Å²) >= 11 is 19.8. The van der Waals surface area contributed by atoms with Gasteiger partial charge >= 0.3 is 0 Å². The van der Waals surface area contributed by atoms with Gasteiger partial charge in [-0.1, -0.05) is 70.8 Å². The van der Waals surface area contributed by atoms with Crippen LogP contribution in [0.2, 0.25) is 15.1 Å². The molecule has 1 heterocycles. The van der Waals surface area contributed by atoms with Gasteiger partial charge in [0.2, 0.25) is 5.88 Å². The van der Waals surface area contributed by atoms with E-state index in [-0.39, 0.29) is 5.88 Å². The summed E-state index contributed by atoms with van der Waals surface area (Å²) in [6, 6.07) is 24.6. The molecule has 0 N–H and O–H groups in total. The number of hydrogen-bond acceptors (Lipinski definition) is 4. The third kappa shape index (κ3) is 4.72. The standard InChI is InChI=1S/C25H15Cl3N2OS/c1-31-25-21(14-29)22(15-2-6-17(26)7-3-15)24(32-20-12-10-19(28)11-13-20)23(30-25)16-4-8-18(27)9-5-16/h2-13H,1H3. The molecule has 3 nitrogen and oxygen atoms in total. The van der Waals surface area contributed by atoms with Crippen molar-refractivity contribution >= 4 is 46.6 Å². The van der Waals surface area contributed by atoms with E-state index >= 15 is 0 Å². The van der Waals surface area contributed by atoms with E-state index in [2.05, 4.69) is 6.07 Å². The number of nitrogens with zero attached hydrogens (tertiary/aromatic N) is 2. The minimum absolute atomic E-state index is 0.253. The Bertz CT molecular complexity index is 1300. The van der Waals surface area contributed by atoms with Gasteiger partial charge in [-0.3, -0.25) is 0 Å². The third-order valence-electron chi connectivity index (χ3n) is 4.71. The normalized spacial score (nSPS) is 10.6. The van der Waals surface area contributed by atoms with Crippen LogP contribution in [0, 0.1) is 11.3 Å². The summed E-state index contributed by atoms with van der Waals surface area (Å²) < 4.78 is 5.52. The topological polar surface area (TPSA) is 45.9 Å². The first kappa shape index (κ1) is 22.5. The van der Waals surface area contributed by atoms with Gasteiger partial charge in [-0.25, -0.2) is 4.98 Å². The molecule has 0 saturated heterocycles. The van der Waals surface area contributed by atoms with Crippen LogP contribution in [0.25, 0.3) is 22.4 Å². The number of aromatic nitrogens is 1. The highest BCUT2D eigenvalue weighted by Crippen LogP contribution is 2.46. The van der Waals surface area contributed by atoms with Gasteiger partial charge in [-0.2, -0.15) is 5.26 Å². The maximum Gasteiger partial charge on any atom is 0.232 e. The molecule has 0 aliphatic heterocycles. The van der Waals surface area contributed by atoms with Crippen LogP contribution in [0.5, 0.6) is 5.88 Å². The molecule has 0 atom stereocenters. The van der Waals surface area contributed by atoms with E-state index in [9.17, 15) is 5.26 Å².